The average Bonchev–Trinajstić information content (AvgIpc) is 3.41. The summed E-state index contributed by atoms with van der Waals surface area (Å²) in [6, 6.07) is 0. The van der Waals surface area contributed by atoms with Gasteiger partial charge in [-0.25, -0.2) is 0 Å². The number of rotatable bonds is 59. The predicted octanol–water partition coefficient (Wildman–Crippen LogP) is 22.1. The number of unbranched alkanes of at least 4 members (excludes halogenated alkanes) is 36. The molecular formula is C69H122O6. The highest BCUT2D eigenvalue weighted by atomic mass is 16.6. The van der Waals surface area contributed by atoms with Gasteiger partial charge in [-0.15, -0.1) is 0 Å². The third-order valence-electron chi connectivity index (χ3n) is 14.2. The maximum absolute atomic E-state index is 12.9. The minimum Gasteiger partial charge on any atom is -0.462 e. The van der Waals surface area contributed by atoms with Crippen LogP contribution in [0.4, 0.5) is 0 Å². The maximum Gasteiger partial charge on any atom is 0.306 e. The fourth-order valence-electron chi connectivity index (χ4n) is 9.35. The highest BCUT2D eigenvalue weighted by Gasteiger charge is 2.19. The quantitative estimate of drug-likeness (QED) is 0.0261. The summed E-state index contributed by atoms with van der Waals surface area (Å²) in [6.07, 6.45) is 81.9. The third-order valence-corrected chi connectivity index (χ3v) is 14.2. The summed E-state index contributed by atoms with van der Waals surface area (Å²) in [5.74, 6) is -0.865. The van der Waals surface area contributed by atoms with Gasteiger partial charge in [-0.2, -0.15) is 0 Å². The fourth-order valence-corrected chi connectivity index (χ4v) is 9.35. The lowest BCUT2D eigenvalue weighted by Crippen LogP contribution is -2.30. The molecule has 0 fully saturated rings. The van der Waals surface area contributed by atoms with Gasteiger partial charge in [-0.3, -0.25) is 14.4 Å². The van der Waals surface area contributed by atoms with Gasteiger partial charge in [0.15, 0.2) is 6.10 Å². The van der Waals surface area contributed by atoms with Crippen LogP contribution < -0.4 is 0 Å². The van der Waals surface area contributed by atoms with Crippen molar-refractivity contribution < 1.29 is 28.6 Å². The van der Waals surface area contributed by atoms with Gasteiger partial charge in [0, 0.05) is 19.3 Å². The Kier molecular flexibility index (Phi) is 60.7. The summed E-state index contributed by atoms with van der Waals surface area (Å²) in [5.41, 5.74) is 0. The molecular weight excluding hydrogens is 925 g/mol. The molecule has 0 aliphatic heterocycles. The first-order chi connectivity index (χ1) is 37.0. The average molecular weight is 1050 g/mol. The van der Waals surface area contributed by atoms with E-state index in [-0.39, 0.29) is 31.1 Å². The molecule has 0 bridgehead atoms. The number of carbonyl (C=O) groups is 3. The molecule has 0 spiro atoms. The zero-order valence-electron chi connectivity index (χ0n) is 49.8. The van der Waals surface area contributed by atoms with Crippen LogP contribution >= 0.6 is 0 Å². The van der Waals surface area contributed by atoms with Gasteiger partial charge in [0.05, 0.1) is 0 Å². The van der Waals surface area contributed by atoms with Crippen molar-refractivity contribution in [1.29, 1.82) is 0 Å². The zero-order chi connectivity index (χ0) is 54.3. The van der Waals surface area contributed by atoms with Crippen molar-refractivity contribution in [3.05, 3.63) is 72.9 Å². The second-order valence-electron chi connectivity index (χ2n) is 21.6. The van der Waals surface area contributed by atoms with Crippen molar-refractivity contribution in [1.82, 2.24) is 0 Å². The second kappa shape index (κ2) is 63.4. The third kappa shape index (κ3) is 61.6. The maximum atomic E-state index is 12.9. The van der Waals surface area contributed by atoms with Gasteiger partial charge >= 0.3 is 17.9 Å². The van der Waals surface area contributed by atoms with Crippen molar-refractivity contribution in [3.63, 3.8) is 0 Å². The molecule has 0 aliphatic rings. The largest absolute Gasteiger partial charge is 0.462 e. The van der Waals surface area contributed by atoms with E-state index in [4.69, 9.17) is 14.2 Å². The first kappa shape index (κ1) is 71.8. The molecule has 0 saturated carbocycles. The van der Waals surface area contributed by atoms with Crippen LogP contribution in [0.5, 0.6) is 0 Å². The second-order valence-corrected chi connectivity index (χ2v) is 21.6. The van der Waals surface area contributed by atoms with E-state index >= 15 is 0 Å². The van der Waals surface area contributed by atoms with Crippen LogP contribution in [0.3, 0.4) is 0 Å². The van der Waals surface area contributed by atoms with Gasteiger partial charge < -0.3 is 14.2 Å². The van der Waals surface area contributed by atoms with Crippen molar-refractivity contribution in [3.8, 4) is 0 Å². The smallest absolute Gasteiger partial charge is 0.306 e. The van der Waals surface area contributed by atoms with E-state index < -0.39 is 6.10 Å². The van der Waals surface area contributed by atoms with E-state index in [1.54, 1.807) is 0 Å². The Morgan fingerprint density at radius 3 is 0.827 bits per heavy atom. The number of hydrogen-bond donors (Lipinski definition) is 0. The Morgan fingerprint density at radius 2 is 0.520 bits per heavy atom. The fraction of sp³-hybridized carbons (Fsp3) is 0.783. The Hall–Kier alpha value is -3.15. The Balaban J connectivity index is 4.27. The lowest BCUT2D eigenvalue weighted by Gasteiger charge is -2.18. The first-order valence-corrected chi connectivity index (χ1v) is 32.4. The molecule has 0 aromatic heterocycles. The minimum absolute atomic E-state index is 0.0738. The first-order valence-electron chi connectivity index (χ1n) is 32.4. The molecule has 0 heterocycles. The van der Waals surface area contributed by atoms with E-state index in [2.05, 4.69) is 93.7 Å². The molecule has 6 heteroatoms. The predicted molar refractivity (Wildman–Crippen MR) is 325 cm³/mol. The number of ether oxygens (including phenoxy) is 3. The Morgan fingerprint density at radius 1 is 0.280 bits per heavy atom. The number of allylic oxidation sites excluding steroid dienone is 12. The zero-order valence-corrected chi connectivity index (χ0v) is 49.8. The Bertz CT molecular complexity index is 1390. The van der Waals surface area contributed by atoms with Crippen LogP contribution in [0, 0.1) is 0 Å². The lowest BCUT2D eigenvalue weighted by molar-refractivity contribution is -0.167. The van der Waals surface area contributed by atoms with Crippen LogP contribution in [0.2, 0.25) is 0 Å². The molecule has 1 unspecified atom stereocenters. The van der Waals surface area contributed by atoms with Crippen LogP contribution in [-0.2, 0) is 28.6 Å². The SMILES string of the molecule is CC/C=C\C/C=C\C/C=C\C/C=C\C/C=C\CCCCCCCCCCCCCC(=O)OCC(COC(=O)CCCCCCCCCCCCCCC)OC(=O)CCCCCCCCC/C=C\CCCCCCCC. The summed E-state index contributed by atoms with van der Waals surface area (Å²) in [5, 5.41) is 0. The van der Waals surface area contributed by atoms with Crippen molar-refractivity contribution >= 4 is 17.9 Å². The highest BCUT2D eigenvalue weighted by molar-refractivity contribution is 5.71. The van der Waals surface area contributed by atoms with E-state index in [0.717, 1.165) is 89.9 Å². The van der Waals surface area contributed by atoms with Gasteiger partial charge in [0.2, 0.25) is 0 Å². The summed E-state index contributed by atoms with van der Waals surface area (Å²) in [4.78, 5) is 38.3. The molecule has 75 heavy (non-hydrogen) atoms. The van der Waals surface area contributed by atoms with Gasteiger partial charge in [-0.1, -0.05) is 293 Å². The lowest BCUT2D eigenvalue weighted by atomic mass is 10.0. The minimum atomic E-state index is -0.777. The molecule has 0 saturated heterocycles. The van der Waals surface area contributed by atoms with Crippen LogP contribution in [-0.4, -0.2) is 37.2 Å². The molecule has 6 nitrogen and oxygen atoms in total. The van der Waals surface area contributed by atoms with Crippen molar-refractivity contribution in [2.75, 3.05) is 13.2 Å². The monoisotopic (exact) mass is 1050 g/mol. The van der Waals surface area contributed by atoms with Gasteiger partial charge in [0.1, 0.15) is 13.2 Å². The molecule has 0 radical (unpaired) electrons. The summed E-state index contributed by atoms with van der Waals surface area (Å²) < 4.78 is 16.9. The van der Waals surface area contributed by atoms with E-state index in [9.17, 15) is 14.4 Å². The normalized spacial score (nSPS) is 12.5. The van der Waals surface area contributed by atoms with Gasteiger partial charge in [-0.05, 0) is 89.9 Å². The van der Waals surface area contributed by atoms with Crippen LogP contribution in [0.15, 0.2) is 72.9 Å². The highest BCUT2D eigenvalue weighted by Crippen LogP contribution is 2.17. The van der Waals surface area contributed by atoms with Crippen LogP contribution in [0.25, 0.3) is 0 Å². The number of hydrogen-bond acceptors (Lipinski definition) is 6. The molecule has 0 aliphatic carbocycles. The number of carbonyl (C=O) groups excluding carboxylic acids is 3. The molecule has 434 valence electrons. The Labute approximate surface area is 465 Å². The molecule has 0 aromatic carbocycles. The molecule has 0 aromatic rings. The molecule has 0 rings (SSSR count). The van der Waals surface area contributed by atoms with Crippen molar-refractivity contribution in [2.24, 2.45) is 0 Å². The molecule has 1 atom stereocenters. The van der Waals surface area contributed by atoms with Gasteiger partial charge in [0.25, 0.3) is 0 Å². The van der Waals surface area contributed by atoms with E-state index in [1.165, 1.54) is 199 Å². The summed E-state index contributed by atoms with van der Waals surface area (Å²) in [6.45, 7) is 6.56. The van der Waals surface area contributed by atoms with E-state index in [0.29, 0.717) is 19.3 Å². The van der Waals surface area contributed by atoms with E-state index in [1.807, 2.05) is 0 Å². The summed E-state index contributed by atoms with van der Waals surface area (Å²) in [7, 11) is 0. The summed E-state index contributed by atoms with van der Waals surface area (Å²) >= 11 is 0. The topological polar surface area (TPSA) is 78.9 Å². The van der Waals surface area contributed by atoms with Crippen LogP contribution in [0.1, 0.15) is 329 Å². The molecule has 0 amide bonds. The van der Waals surface area contributed by atoms with Crippen molar-refractivity contribution in [2.45, 2.75) is 335 Å². The standard InChI is InChI=1S/C69H122O6/c1-4-7-10-13-16-19-22-25-27-29-30-31-32-33-34-35-36-37-38-40-41-44-47-50-53-56-59-62-68(71)74-65-66(64-73-67(70)61-58-55-52-49-46-43-24-21-18-15-12-9-6-3)75-69(72)63-60-57-54-51-48-45-42-39-28-26-23-20-17-14-11-8-5-2/h7,10,16,19,25-28,30-31,33-34,66H,4-6,8-9,11-15,17-18,20-24,29,32,35-65H2,1-3H3/b10-7-,19-16-,27-25-,28-26-,31-30-,34-33-. The number of esters is 3. The molecule has 0 N–H and O–H groups in total.